The van der Waals surface area contributed by atoms with E-state index >= 15 is 0 Å². The molecule has 1 aromatic carbocycles. The minimum Gasteiger partial charge on any atom is -0.497 e. The molecule has 10 nitrogen and oxygen atoms in total. The molecule has 2 amide bonds. The van der Waals surface area contributed by atoms with Crippen LogP contribution in [0.4, 0.5) is 0 Å². The lowest BCUT2D eigenvalue weighted by Gasteiger charge is -2.32. The van der Waals surface area contributed by atoms with Gasteiger partial charge in [0, 0.05) is 38.8 Å². The summed E-state index contributed by atoms with van der Waals surface area (Å²) in [6.07, 6.45) is 0. The number of likely N-dealkylation sites (N-methyl/N-ethyl adjacent to an activating group) is 1. The molecule has 1 aliphatic rings. The van der Waals surface area contributed by atoms with E-state index < -0.39 is 6.04 Å². The highest BCUT2D eigenvalue weighted by molar-refractivity contribution is 7.99. The van der Waals surface area contributed by atoms with Gasteiger partial charge in [0.15, 0.2) is 11.0 Å². The van der Waals surface area contributed by atoms with Crippen LogP contribution in [0.25, 0.3) is 0 Å². The Morgan fingerprint density at radius 3 is 2.45 bits per heavy atom. The number of aliphatic hydroxyl groups is 1. The van der Waals surface area contributed by atoms with Gasteiger partial charge in [-0.05, 0) is 31.3 Å². The molecular weight excluding hydrogens is 420 g/mol. The molecule has 31 heavy (non-hydrogen) atoms. The van der Waals surface area contributed by atoms with Gasteiger partial charge in [-0.25, -0.2) is 0 Å². The Bertz CT molecular complexity index is 896. The summed E-state index contributed by atoms with van der Waals surface area (Å²) < 4.78 is 6.79. The first-order valence-corrected chi connectivity index (χ1v) is 11.0. The fraction of sp³-hybridized carbons (Fsp3) is 0.500. The molecule has 0 spiro atoms. The van der Waals surface area contributed by atoms with Gasteiger partial charge in [0.25, 0.3) is 5.91 Å². The first-order chi connectivity index (χ1) is 14.9. The van der Waals surface area contributed by atoms with E-state index in [1.807, 2.05) is 11.9 Å². The molecular formula is C20H28N6O4S. The molecule has 0 unspecified atom stereocenters. The predicted octanol–water partition coefficient (Wildman–Crippen LogP) is 0.153. The lowest BCUT2D eigenvalue weighted by Crippen LogP contribution is -2.47. The number of thioether (sulfide) groups is 1. The second-order valence-electron chi connectivity index (χ2n) is 7.31. The first kappa shape index (κ1) is 23.0. The summed E-state index contributed by atoms with van der Waals surface area (Å²) in [4.78, 5) is 29.0. The van der Waals surface area contributed by atoms with Crippen molar-refractivity contribution in [1.29, 1.82) is 0 Å². The molecule has 2 N–H and O–H groups in total. The lowest BCUT2D eigenvalue weighted by atomic mass is 10.2. The van der Waals surface area contributed by atoms with E-state index in [2.05, 4.69) is 20.4 Å². The van der Waals surface area contributed by atoms with Gasteiger partial charge in [-0.3, -0.25) is 9.59 Å². The van der Waals surface area contributed by atoms with Gasteiger partial charge in [0.05, 0.1) is 19.5 Å². The Morgan fingerprint density at radius 2 is 1.84 bits per heavy atom. The summed E-state index contributed by atoms with van der Waals surface area (Å²) in [5, 5.41) is 21.4. The fourth-order valence-electron chi connectivity index (χ4n) is 3.20. The van der Waals surface area contributed by atoms with Crippen molar-refractivity contribution in [2.45, 2.75) is 11.2 Å². The predicted molar refractivity (Wildman–Crippen MR) is 116 cm³/mol. The van der Waals surface area contributed by atoms with Gasteiger partial charge in [0.2, 0.25) is 5.91 Å². The normalized spacial score (nSPS) is 15.5. The molecule has 11 heteroatoms. The first-order valence-electron chi connectivity index (χ1n) is 9.97. The molecule has 0 radical (unpaired) electrons. The number of benzene rings is 1. The minimum absolute atomic E-state index is 0.0640. The maximum atomic E-state index is 12.5. The molecule has 1 fully saturated rings. The van der Waals surface area contributed by atoms with Crippen LogP contribution in [0.5, 0.6) is 5.75 Å². The summed E-state index contributed by atoms with van der Waals surface area (Å²) in [6, 6.07) is 5.94. The molecule has 1 aliphatic heterocycles. The van der Waals surface area contributed by atoms with Crippen LogP contribution in [0.3, 0.4) is 0 Å². The number of rotatable bonds is 8. The summed E-state index contributed by atoms with van der Waals surface area (Å²) in [5.41, 5.74) is 0.439. The highest BCUT2D eigenvalue weighted by Crippen LogP contribution is 2.20. The van der Waals surface area contributed by atoms with Crippen LogP contribution >= 0.6 is 11.8 Å². The van der Waals surface area contributed by atoms with Crippen LogP contribution in [0.15, 0.2) is 29.4 Å². The average Bonchev–Trinajstić information content (AvgIpc) is 3.16. The van der Waals surface area contributed by atoms with Crippen molar-refractivity contribution >= 4 is 23.6 Å². The SMILES string of the molecule is COc1ccc(C(=O)N[C@@H](CO)c2nnc(SCC(=O)N3CCN(C)CC3)n2C)cc1. The van der Waals surface area contributed by atoms with Crippen molar-refractivity contribution in [2.75, 3.05) is 52.7 Å². The Labute approximate surface area is 185 Å². The number of piperazine rings is 1. The molecule has 0 bridgehead atoms. The zero-order valence-electron chi connectivity index (χ0n) is 17.9. The van der Waals surface area contributed by atoms with Gasteiger partial charge in [0.1, 0.15) is 11.8 Å². The van der Waals surface area contributed by atoms with Crippen LogP contribution < -0.4 is 10.1 Å². The second kappa shape index (κ2) is 10.6. The van der Waals surface area contributed by atoms with Crippen LogP contribution in [0.1, 0.15) is 22.2 Å². The highest BCUT2D eigenvalue weighted by atomic mass is 32.2. The topological polar surface area (TPSA) is 113 Å². The third kappa shape index (κ3) is 5.75. The number of carbonyl (C=O) groups excluding carboxylic acids is 2. The molecule has 1 saturated heterocycles. The van der Waals surface area contributed by atoms with Crippen molar-refractivity contribution in [3.05, 3.63) is 35.7 Å². The molecule has 0 saturated carbocycles. The maximum Gasteiger partial charge on any atom is 0.251 e. The number of aromatic nitrogens is 3. The molecule has 2 heterocycles. The zero-order valence-corrected chi connectivity index (χ0v) is 18.8. The molecule has 1 aromatic heterocycles. The number of carbonyl (C=O) groups is 2. The van der Waals surface area contributed by atoms with E-state index in [9.17, 15) is 14.7 Å². The number of nitrogens with one attached hydrogen (secondary N) is 1. The Kier molecular flexibility index (Phi) is 7.88. The van der Waals surface area contributed by atoms with E-state index in [1.165, 1.54) is 11.8 Å². The summed E-state index contributed by atoms with van der Waals surface area (Å²) in [6.45, 7) is 2.86. The van der Waals surface area contributed by atoms with Crippen molar-refractivity contribution < 1.29 is 19.4 Å². The van der Waals surface area contributed by atoms with Crippen LogP contribution in [0.2, 0.25) is 0 Å². The van der Waals surface area contributed by atoms with Crippen LogP contribution in [0, 0.1) is 0 Å². The Hall–Kier alpha value is -2.63. The molecule has 2 aromatic rings. The summed E-state index contributed by atoms with van der Waals surface area (Å²) in [7, 11) is 5.35. The number of nitrogens with zero attached hydrogens (tertiary/aromatic N) is 5. The van der Waals surface area contributed by atoms with E-state index in [0.717, 1.165) is 26.2 Å². The highest BCUT2D eigenvalue weighted by Gasteiger charge is 2.23. The van der Waals surface area contributed by atoms with Gasteiger partial charge in [-0.2, -0.15) is 0 Å². The maximum absolute atomic E-state index is 12.5. The van der Waals surface area contributed by atoms with Gasteiger partial charge in [-0.15, -0.1) is 10.2 Å². The zero-order chi connectivity index (χ0) is 22.4. The summed E-state index contributed by atoms with van der Waals surface area (Å²) in [5.74, 6) is 1.05. The largest absolute Gasteiger partial charge is 0.497 e. The second-order valence-corrected chi connectivity index (χ2v) is 8.25. The number of aliphatic hydroxyl groups excluding tert-OH is 1. The molecule has 3 rings (SSSR count). The lowest BCUT2D eigenvalue weighted by molar-refractivity contribution is -0.129. The number of hydrogen-bond acceptors (Lipinski definition) is 8. The quantitative estimate of drug-likeness (QED) is 0.549. The van der Waals surface area contributed by atoms with Crippen molar-refractivity contribution in [2.24, 2.45) is 7.05 Å². The fourth-order valence-corrected chi connectivity index (χ4v) is 4.03. The van der Waals surface area contributed by atoms with Crippen LogP contribution in [-0.4, -0.2) is 94.2 Å². The van der Waals surface area contributed by atoms with E-state index in [0.29, 0.717) is 22.3 Å². The Morgan fingerprint density at radius 1 is 1.16 bits per heavy atom. The van der Waals surface area contributed by atoms with E-state index in [4.69, 9.17) is 4.74 Å². The Balaban J connectivity index is 1.60. The smallest absolute Gasteiger partial charge is 0.251 e. The van der Waals surface area contributed by atoms with Crippen molar-refractivity contribution in [3.8, 4) is 5.75 Å². The van der Waals surface area contributed by atoms with Gasteiger partial charge in [-0.1, -0.05) is 11.8 Å². The summed E-state index contributed by atoms with van der Waals surface area (Å²) >= 11 is 1.29. The van der Waals surface area contributed by atoms with E-state index in [1.54, 1.807) is 43.0 Å². The van der Waals surface area contributed by atoms with Gasteiger partial charge >= 0.3 is 0 Å². The molecule has 1 atom stereocenters. The number of hydrogen-bond donors (Lipinski definition) is 2. The molecule has 0 aliphatic carbocycles. The van der Waals surface area contributed by atoms with E-state index in [-0.39, 0.29) is 24.2 Å². The minimum atomic E-state index is -0.727. The average molecular weight is 449 g/mol. The number of amides is 2. The monoisotopic (exact) mass is 448 g/mol. The third-order valence-electron chi connectivity index (χ3n) is 5.20. The third-order valence-corrected chi connectivity index (χ3v) is 6.21. The van der Waals surface area contributed by atoms with Crippen molar-refractivity contribution in [1.82, 2.24) is 29.9 Å². The van der Waals surface area contributed by atoms with Crippen molar-refractivity contribution in [3.63, 3.8) is 0 Å². The van der Waals surface area contributed by atoms with Crippen LogP contribution in [-0.2, 0) is 11.8 Å². The standard InChI is InChI=1S/C20H28N6O4S/c1-24-8-10-26(11-9-24)17(28)13-31-20-23-22-18(25(20)2)16(12-27)21-19(29)14-4-6-15(30-3)7-5-14/h4-7,16,27H,8-13H2,1-3H3,(H,21,29)/t16-/m0/s1. The van der Waals surface area contributed by atoms with Gasteiger partial charge < -0.3 is 29.5 Å². The number of ether oxygens (including phenoxy) is 1. The number of methoxy groups -OCH3 is 1. The molecule has 168 valence electrons.